The molecule has 16 heavy (non-hydrogen) atoms. The molecule has 0 aromatic heterocycles. The Labute approximate surface area is 92.6 Å². The Hall–Kier alpha value is -2.29. The largest absolute Gasteiger partial charge is 0.508 e. The maximum atomic E-state index is 10.8. The van der Waals surface area contributed by atoms with Crippen molar-refractivity contribution in [1.82, 2.24) is 0 Å². The van der Waals surface area contributed by atoms with Gasteiger partial charge in [0, 0.05) is 17.2 Å². The van der Waals surface area contributed by atoms with Crippen molar-refractivity contribution in [2.45, 2.75) is 0 Å². The standard InChI is InChI=1S/C13H10O3/c14-8-9-3-1-2-4-11(9)12-6-5-10(15)7-13(12)16/h1-8,15-16H. The zero-order chi connectivity index (χ0) is 11.5. The van der Waals surface area contributed by atoms with Crippen LogP contribution in [0.1, 0.15) is 10.4 Å². The molecule has 0 fully saturated rings. The fraction of sp³-hybridized carbons (Fsp3) is 0. The van der Waals surface area contributed by atoms with Crippen LogP contribution >= 0.6 is 0 Å². The molecule has 2 aromatic carbocycles. The van der Waals surface area contributed by atoms with Crippen LogP contribution in [0.25, 0.3) is 11.1 Å². The Morgan fingerprint density at radius 3 is 2.38 bits per heavy atom. The van der Waals surface area contributed by atoms with Crippen molar-refractivity contribution in [2.75, 3.05) is 0 Å². The number of phenols is 2. The second-order valence-corrected chi connectivity index (χ2v) is 3.41. The van der Waals surface area contributed by atoms with Gasteiger partial charge in [-0.1, -0.05) is 24.3 Å². The minimum atomic E-state index is -0.0469. The number of aromatic hydroxyl groups is 2. The second kappa shape index (κ2) is 4.06. The summed E-state index contributed by atoms with van der Waals surface area (Å²) in [6, 6.07) is 11.3. The molecule has 0 atom stereocenters. The topological polar surface area (TPSA) is 57.5 Å². The van der Waals surface area contributed by atoms with Crippen molar-refractivity contribution >= 4 is 6.29 Å². The van der Waals surface area contributed by atoms with Gasteiger partial charge in [0.05, 0.1) is 0 Å². The molecule has 80 valence electrons. The van der Waals surface area contributed by atoms with Crippen molar-refractivity contribution in [3.63, 3.8) is 0 Å². The van der Waals surface area contributed by atoms with E-state index in [9.17, 15) is 15.0 Å². The van der Waals surface area contributed by atoms with Gasteiger partial charge in [-0.2, -0.15) is 0 Å². The van der Waals surface area contributed by atoms with Crippen LogP contribution in [0.5, 0.6) is 11.5 Å². The predicted octanol–water partition coefficient (Wildman–Crippen LogP) is 2.58. The van der Waals surface area contributed by atoms with Gasteiger partial charge < -0.3 is 10.2 Å². The van der Waals surface area contributed by atoms with Gasteiger partial charge in [0.1, 0.15) is 11.5 Å². The molecule has 2 N–H and O–H groups in total. The smallest absolute Gasteiger partial charge is 0.150 e. The molecule has 0 bridgehead atoms. The van der Waals surface area contributed by atoms with Crippen LogP contribution in [-0.2, 0) is 0 Å². The summed E-state index contributed by atoms with van der Waals surface area (Å²) < 4.78 is 0. The highest BCUT2D eigenvalue weighted by molar-refractivity contribution is 5.89. The van der Waals surface area contributed by atoms with E-state index >= 15 is 0 Å². The molecular formula is C13H10O3. The average molecular weight is 214 g/mol. The Bertz CT molecular complexity index is 532. The number of hydrogen-bond acceptors (Lipinski definition) is 3. The molecule has 3 heteroatoms. The first kappa shape index (κ1) is 10.2. The normalized spacial score (nSPS) is 10.0. The lowest BCUT2D eigenvalue weighted by molar-refractivity contribution is 0.112. The zero-order valence-corrected chi connectivity index (χ0v) is 8.42. The van der Waals surface area contributed by atoms with E-state index in [0.29, 0.717) is 16.7 Å². The van der Waals surface area contributed by atoms with Gasteiger partial charge in [0.25, 0.3) is 0 Å². The molecule has 2 aromatic rings. The summed E-state index contributed by atoms with van der Waals surface area (Å²) in [5.74, 6) is -0.0564. The van der Waals surface area contributed by atoms with Gasteiger partial charge in [-0.25, -0.2) is 0 Å². The van der Waals surface area contributed by atoms with Crippen LogP contribution in [0.15, 0.2) is 42.5 Å². The summed E-state index contributed by atoms with van der Waals surface area (Å²) >= 11 is 0. The lowest BCUT2D eigenvalue weighted by atomic mass is 9.99. The first-order valence-electron chi connectivity index (χ1n) is 4.79. The van der Waals surface area contributed by atoms with E-state index in [2.05, 4.69) is 0 Å². The van der Waals surface area contributed by atoms with Crippen molar-refractivity contribution in [2.24, 2.45) is 0 Å². The Balaban J connectivity index is 2.62. The summed E-state index contributed by atoms with van der Waals surface area (Å²) in [4.78, 5) is 10.8. The minimum Gasteiger partial charge on any atom is -0.508 e. The SMILES string of the molecule is O=Cc1ccccc1-c1ccc(O)cc1O. The first-order chi connectivity index (χ1) is 7.72. The number of rotatable bonds is 2. The predicted molar refractivity (Wildman–Crippen MR) is 60.6 cm³/mol. The van der Waals surface area contributed by atoms with Gasteiger partial charge in [0.2, 0.25) is 0 Å². The molecule has 3 nitrogen and oxygen atoms in total. The molecule has 0 aliphatic carbocycles. The fourth-order valence-electron chi connectivity index (χ4n) is 1.59. The number of aldehydes is 1. The number of carbonyl (C=O) groups excluding carboxylic acids is 1. The molecule has 0 radical (unpaired) electrons. The molecule has 0 aliphatic rings. The maximum Gasteiger partial charge on any atom is 0.150 e. The summed E-state index contributed by atoms with van der Waals surface area (Å²) in [5.41, 5.74) is 1.68. The van der Waals surface area contributed by atoms with Gasteiger partial charge in [-0.3, -0.25) is 4.79 Å². The average Bonchev–Trinajstić information content (AvgIpc) is 2.29. The molecule has 0 saturated heterocycles. The monoisotopic (exact) mass is 214 g/mol. The van der Waals surface area contributed by atoms with E-state index in [0.717, 1.165) is 6.29 Å². The summed E-state index contributed by atoms with van der Waals surface area (Å²) in [7, 11) is 0. The Morgan fingerprint density at radius 1 is 0.938 bits per heavy atom. The highest BCUT2D eigenvalue weighted by Crippen LogP contribution is 2.33. The fourth-order valence-corrected chi connectivity index (χ4v) is 1.59. The van der Waals surface area contributed by atoms with E-state index in [4.69, 9.17) is 0 Å². The highest BCUT2D eigenvalue weighted by atomic mass is 16.3. The Morgan fingerprint density at radius 2 is 1.69 bits per heavy atom. The van der Waals surface area contributed by atoms with Crippen molar-refractivity contribution in [1.29, 1.82) is 0 Å². The van der Waals surface area contributed by atoms with Gasteiger partial charge in [-0.05, 0) is 17.7 Å². The first-order valence-corrected chi connectivity index (χ1v) is 4.79. The van der Waals surface area contributed by atoms with Crippen LogP contribution < -0.4 is 0 Å². The number of phenolic OH excluding ortho intramolecular Hbond substituents is 2. The van der Waals surface area contributed by atoms with E-state index in [-0.39, 0.29) is 11.5 Å². The van der Waals surface area contributed by atoms with Crippen molar-refractivity contribution in [3.05, 3.63) is 48.0 Å². The molecular weight excluding hydrogens is 204 g/mol. The Kier molecular flexibility index (Phi) is 2.60. The van der Waals surface area contributed by atoms with Gasteiger partial charge in [0.15, 0.2) is 6.29 Å². The van der Waals surface area contributed by atoms with Crippen LogP contribution in [0.3, 0.4) is 0 Å². The molecule has 0 unspecified atom stereocenters. The van der Waals surface area contributed by atoms with E-state index in [1.165, 1.54) is 12.1 Å². The van der Waals surface area contributed by atoms with Gasteiger partial charge in [-0.15, -0.1) is 0 Å². The molecule has 0 heterocycles. The third-order valence-electron chi connectivity index (χ3n) is 2.36. The van der Waals surface area contributed by atoms with Gasteiger partial charge >= 0.3 is 0 Å². The number of hydrogen-bond donors (Lipinski definition) is 2. The van der Waals surface area contributed by atoms with E-state index in [1.54, 1.807) is 30.3 Å². The van der Waals surface area contributed by atoms with E-state index < -0.39 is 0 Å². The maximum absolute atomic E-state index is 10.8. The second-order valence-electron chi connectivity index (χ2n) is 3.41. The van der Waals surface area contributed by atoms with Crippen LogP contribution in [0.4, 0.5) is 0 Å². The summed E-state index contributed by atoms with van der Waals surface area (Å²) in [6.45, 7) is 0. The molecule has 0 amide bonds. The van der Waals surface area contributed by atoms with Crippen molar-refractivity contribution < 1.29 is 15.0 Å². The van der Waals surface area contributed by atoms with Crippen LogP contribution in [-0.4, -0.2) is 16.5 Å². The number of benzene rings is 2. The van der Waals surface area contributed by atoms with Crippen LogP contribution in [0, 0.1) is 0 Å². The third-order valence-corrected chi connectivity index (χ3v) is 2.36. The van der Waals surface area contributed by atoms with Crippen molar-refractivity contribution in [3.8, 4) is 22.6 Å². The molecule has 0 spiro atoms. The summed E-state index contributed by atoms with van der Waals surface area (Å²) in [5, 5.41) is 18.9. The highest BCUT2D eigenvalue weighted by Gasteiger charge is 2.08. The summed E-state index contributed by atoms with van der Waals surface area (Å²) in [6.07, 6.45) is 0.738. The lowest BCUT2D eigenvalue weighted by Gasteiger charge is -2.07. The number of carbonyl (C=O) groups is 1. The third kappa shape index (κ3) is 1.75. The van der Waals surface area contributed by atoms with Crippen LogP contribution in [0.2, 0.25) is 0 Å². The lowest BCUT2D eigenvalue weighted by Crippen LogP contribution is -1.87. The molecule has 2 rings (SSSR count). The molecule has 0 aliphatic heterocycles. The van der Waals surface area contributed by atoms with E-state index in [1.807, 2.05) is 0 Å². The quantitative estimate of drug-likeness (QED) is 0.755. The minimum absolute atomic E-state index is 0.00941. The zero-order valence-electron chi connectivity index (χ0n) is 8.42. The molecule has 0 saturated carbocycles.